The molecule has 0 aliphatic carbocycles. The molecule has 1 atom stereocenters. The van der Waals surface area contributed by atoms with E-state index in [0.29, 0.717) is 22.6 Å². The van der Waals surface area contributed by atoms with Crippen LogP contribution in [0.1, 0.15) is 31.3 Å². The zero-order chi connectivity index (χ0) is 19.6. The average Bonchev–Trinajstić information content (AvgIpc) is 3.08. The molecule has 4 nitrogen and oxygen atoms in total. The summed E-state index contributed by atoms with van der Waals surface area (Å²) in [5.74, 6) is -0.723. The minimum absolute atomic E-state index is 0.0247. The largest absolute Gasteiger partial charge is 0.348 e. The van der Waals surface area contributed by atoms with E-state index in [-0.39, 0.29) is 29.5 Å². The van der Waals surface area contributed by atoms with Crippen LogP contribution in [0.15, 0.2) is 54.6 Å². The van der Waals surface area contributed by atoms with Gasteiger partial charge in [-0.2, -0.15) is 5.10 Å². The van der Waals surface area contributed by atoms with Gasteiger partial charge in [-0.25, -0.2) is 13.5 Å². The lowest BCUT2D eigenvalue weighted by Gasteiger charge is -2.17. The Hall–Kier alpha value is -3.02. The summed E-state index contributed by atoms with van der Waals surface area (Å²) >= 11 is 0. The molecule has 3 rings (SSSR count). The highest BCUT2D eigenvalue weighted by atomic mass is 19.1. The number of hydrogen-bond acceptors (Lipinski definition) is 2. The van der Waals surface area contributed by atoms with E-state index in [9.17, 15) is 13.6 Å². The molecular weight excluding hydrogens is 348 g/mol. The topological polar surface area (TPSA) is 46.9 Å². The van der Waals surface area contributed by atoms with Crippen LogP contribution in [0.5, 0.6) is 0 Å². The quantitative estimate of drug-likeness (QED) is 0.715. The number of halogens is 2. The number of amides is 1. The summed E-state index contributed by atoms with van der Waals surface area (Å²) in [5, 5.41) is 7.45. The first-order valence-corrected chi connectivity index (χ1v) is 8.78. The lowest BCUT2D eigenvalue weighted by molar-refractivity contribution is 0.0922. The molecule has 6 heteroatoms. The van der Waals surface area contributed by atoms with E-state index in [1.54, 1.807) is 30.3 Å². The van der Waals surface area contributed by atoms with Gasteiger partial charge in [-0.05, 0) is 67.4 Å². The van der Waals surface area contributed by atoms with Crippen LogP contribution in [0, 0.1) is 17.6 Å². The molecule has 0 saturated carbocycles. The van der Waals surface area contributed by atoms with Crippen molar-refractivity contribution in [3.05, 3.63) is 71.9 Å². The van der Waals surface area contributed by atoms with Crippen molar-refractivity contribution in [2.75, 3.05) is 0 Å². The molecular formula is C21H21F2N3O. The first-order valence-electron chi connectivity index (χ1n) is 8.78. The van der Waals surface area contributed by atoms with E-state index in [1.165, 1.54) is 28.9 Å². The third-order valence-corrected chi connectivity index (χ3v) is 4.51. The first kappa shape index (κ1) is 18.8. The van der Waals surface area contributed by atoms with E-state index in [1.807, 2.05) is 20.8 Å². The monoisotopic (exact) mass is 369 g/mol. The molecule has 27 heavy (non-hydrogen) atoms. The highest BCUT2D eigenvalue weighted by Gasteiger charge is 2.20. The van der Waals surface area contributed by atoms with Crippen LogP contribution in [0.4, 0.5) is 8.78 Å². The molecule has 1 heterocycles. The summed E-state index contributed by atoms with van der Waals surface area (Å²) in [7, 11) is 0. The molecule has 140 valence electrons. The lowest BCUT2D eigenvalue weighted by Crippen LogP contribution is -2.37. The van der Waals surface area contributed by atoms with E-state index in [2.05, 4.69) is 10.4 Å². The van der Waals surface area contributed by atoms with Gasteiger partial charge < -0.3 is 5.32 Å². The van der Waals surface area contributed by atoms with Crippen LogP contribution >= 0.6 is 0 Å². The number of hydrogen-bond donors (Lipinski definition) is 1. The van der Waals surface area contributed by atoms with Gasteiger partial charge in [0.15, 0.2) is 0 Å². The van der Waals surface area contributed by atoms with Gasteiger partial charge in [0.25, 0.3) is 5.91 Å². The summed E-state index contributed by atoms with van der Waals surface area (Å²) in [6.45, 7) is 5.97. The number of rotatable bonds is 5. The second-order valence-electron chi connectivity index (χ2n) is 6.82. The first-order chi connectivity index (χ1) is 12.8. The molecule has 0 unspecified atom stereocenters. The fraction of sp³-hybridized carbons (Fsp3) is 0.238. The Bertz CT molecular complexity index is 931. The van der Waals surface area contributed by atoms with Crippen LogP contribution in [0.3, 0.4) is 0 Å². The van der Waals surface area contributed by atoms with Gasteiger partial charge in [0.1, 0.15) is 17.3 Å². The van der Waals surface area contributed by atoms with Crippen LogP contribution in [0.2, 0.25) is 0 Å². The molecule has 0 radical (unpaired) electrons. The lowest BCUT2D eigenvalue weighted by atomic mass is 10.1. The van der Waals surface area contributed by atoms with Gasteiger partial charge in [-0.3, -0.25) is 4.79 Å². The molecule has 0 aliphatic heterocycles. The van der Waals surface area contributed by atoms with Crippen molar-refractivity contribution in [1.29, 1.82) is 0 Å². The van der Waals surface area contributed by atoms with Gasteiger partial charge >= 0.3 is 0 Å². The zero-order valence-electron chi connectivity index (χ0n) is 15.4. The van der Waals surface area contributed by atoms with E-state index >= 15 is 0 Å². The Morgan fingerprint density at radius 2 is 1.52 bits per heavy atom. The maximum atomic E-state index is 13.3. The highest BCUT2D eigenvalue weighted by Crippen LogP contribution is 2.22. The standard InChI is InChI=1S/C21H21F2N3O/c1-13(2)14(3)24-21(27)20-12-19(15-4-6-16(22)7-5-15)25-26(20)18-10-8-17(23)9-11-18/h4-14H,1-3H3,(H,24,27)/t14-/m0/s1. The Balaban J connectivity index is 2.04. The van der Waals surface area contributed by atoms with E-state index in [4.69, 9.17) is 0 Å². The van der Waals surface area contributed by atoms with Gasteiger partial charge in [0.05, 0.1) is 11.4 Å². The fourth-order valence-corrected chi connectivity index (χ4v) is 2.53. The molecule has 0 bridgehead atoms. The molecule has 2 aromatic carbocycles. The maximum absolute atomic E-state index is 13.3. The van der Waals surface area contributed by atoms with Crippen molar-refractivity contribution in [2.45, 2.75) is 26.8 Å². The molecule has 1 amide bonds. The van der Waals surface area contributed by atoms with Crippen molar-refractivity contribution in [2.24, 2.45) is 5.92 Å². The fourth-order valence-electron chi connectivity index (χ4n) is 2.53. The number of nitrogens with zero attached hydrogens (tertiary/aromatic N) is 2. The Morgan fingerprint density at radius 1 is 0.963 bits per heavy atom. The second kappa shape index (κ2) is 7.70. The van der Waals surface area contributed by atoms with E-state index < -0.39 is 0 Å². The number of carbonyl (C=O) groups is 1. The van der Waals surface area contributed by atoms with Crippen LogP contribution in [-0.2, 0) is 0 Å². The van der Waals surface area contributed by atoms with Crippen molar-refractivity contribution in [3.63, 3.8) is 0 Å². The Morgan fingerprint density at radius 3 is 2.07 bits per heavy atom. The molecule has 3 aromatic rings. The smallest absolute Gasteiger partial charge is 0.270 e. The predicted molar refractivity (Wildman–Crippen MR) is 101 cm³/mol. The Kier molecular flexibility index (Phi) is 5.35. The van der Waals surface area contributed by atoms with Crippen molar-refractivity contribution in [1.82, 2.24) is 15.1 Å². The van der Waals surface area contributed by atoms with Gasteiger partial charge in [-0.15, -0.1) is 0 Å². The Labute approximate surface area is 156 Å². The normalized spacial score (nSPS) is 12.2. The van der Waals surface area contributed by atoms with Crippen LogP contribution in [-0.4, -0.2) is 21.7 Å². The van der Waals surface area contributed by atoms with Crippen molar-refractivity contribution in [3.8, 4) is 16.9 Å². The van der Waals surface area contributed by atoms with Gasteiger partial charge in [0, 0.05) is 11.6 Å². The van der Waals surface area contributed by atoms with E-state index in [0.717, 1.165) is 0 Å². The molecule has 0 aliphatic rings. The van der Waals surface area contributed by atoms with Gasteiger partial charge in [0.2, 0.25) is 0 Å². The molecule has 0 saturated heterocycles. The average molecular weight is 369 g/mol. The summed E-state index contributed by atoms with van der Waals surface area (Å²) in [6, 6.07) is 13.2. The summed E-state index contributed by atoms with van der Waals surface area (Å²) < 4.78 is 28.0. The molecule has 1 N–H and O–H groups in total. The zero-order valence-corrected chi connectivity index (χ0v) is 15.4. The number of nitrogens with one attached hydrogen (secondary N) is 1. The van der Waals surface area contributed by atoms with Gasteiger partial charge in [-0.1, -0.05) is 13.8 Å². The number of carbonyl (C=O) groups excluding carboxylic acids is 1. The molecule has 0 spiro atoms. The van der Waals surface area contributed by atoms with Crippen LogP contribution < -0.4 is 5.32 Å². The summed E-state index contributed by atoms with van der Waals surface area (Å²) in [6.07, 6.45) is 0. The minimum Gasteiger partial charge on any atom is -0.348 e. The van der Waals surface area contributed by atoms with Crippen LogP contribution in [0.25, 0.3) is 16.9 Å². The second-order valence-corrected chi connectivity index (χ2v) is 6.82. The predicted octanol–water partition coefficient (Wildman–Crippen LogP) is 4.59. The van der Waals surface area contributed by atoms with Crippen molar-refractivity contribution >= 4 is 5.91 Å². The molecule has 0 fully saturated rings. The molecule has 1 aromatic heterocycles. The third kappa shape index (κ3) is 4.22. The third-order valence-electron chi connectivity index (χ3n) is 4.51. The number of benzene rings is 2. The maximum Gasteiger partial charge on any atom is 0.270 e. The number of aromatic nitrogens is 2. The van der Waals surface area contributed by atoms with Crippen molar-refractivity contribution < 1.29 is 13.6 Å². The SMILES string of the molecule is CC(C)[C@H](C)NC(=O)c1cc(-c2ccc(F)cc2)nn1-c1ccc(F)cc1. The minimum atomic E-state index is -0.371. The summed E-state index contributed by atoms with van der Waals surface area (Å²) in [5.41, 5.74) is 2.10. The summed E-state index contributed by atoms with van der Waals surface area (Å²) in [4.78, 5) is 12.8. The highest BCUT2D eigenvalue weighted by molar-refractivity contribution is 5.94.